The summed E-state index contributed by atoms with van der Waals surface area (Å²) in [6.07, 6.45) is 14.4. The van der Waals surface area contributed by atoms with Crippen LogP contribution in [0.15, 0.2) is 0 Å². The van der Waals surface area contributed by atoms with E-state index in [2.05, 4.69) is 11.7 Å². The van der Waals surface area contributed by atoms with Crippen LogP contribution in [0.3, 0.4) is 0 Å². The molecule has 0 heterocycles. The maximum atomic E-state index is 11.4. The van der Waals surface area contributed by atoms with Gasteiger partial charge < -0.3 is 28.7 Å². The Morgan fingerprint density at radius 3 is 1.56 bits per heavy atom. The molecule has 1 unspecified atom stereocenters. The Bertz CT molecular complexity index is 589. The number of hydrogen-bond acceptors (Lipinski definition) is 9. The Labute approximate surface area is 249 Å². The molecule has 12 heteroatoms. The third-order valence-corrected chi connectivity index (χ3v) is 6.02. The Morgan fingerprint density at radius 2 is 1.12 bits per heavy atom. The van der Waals surface area contributed by atoms with Crippen LogP contribution >= 0.6 is 0 Å². The van der Waals surface area contributed by atoms with Crippen molar-refractivity contribution in [2.75, 3.05) is 33.0 Å². The van der Waals surface area contributed by atoms with Crippen molar-refractivity contribution in [3.63, 3.8) is 0 Å². The molecule has 0 aromatic rings. The molecule has 0 radical (unpaired) electrons. The molecule has 0 N–H and O–H groups in total. The zero-order chi connectivity index (χ0) is 24.1. The third-order valence-electron chi connectivity index (χ3n) is 4.97. The molecule has 0 aliphatic heterocycles. The molecule has 0 rings (SSSR count). The van der Waals surface area contributed by atoms with Gasteiger partial charge in [0.15, 0.2) is 0 Å². The fourth-order valence-electron chi connectivity index (χ4n) is 3.10. The average Bonchev–Trinajstić information content (AvgIpc) is 2.72. The monoisotopic (exact) mass is 526 g/mol. The van der Waals surface area contributed by atoms with Crippen LogP contribution in [0.2, 0.25) is 0 Å². The maximum absolute atomic E-state index is 11.4. The number of carbonyl (C=O) groups is 2. The number of hydrogen-bond donors (Lipinski definition) is 0. The fourth-order valence-corrected chi connectivity index (χ4v) is 3.67. The predicted octanol–water partition coefficient (Wildman–Crippen LogP) is -3.67. The predicted molar refractivity (Wildman–Crippen MR) is 117 cm³/mol. The molecule has 0 aliphatic rings. The molecule has 0 spiro atoms. The maximum Gasteiger partial charge on any atom is 1.00 e. The number of esters is 1. The minimum Gasteiger partial charge on any atom is -0.747 e. The summed E-state index contributed by atoms with van der Waals surface area (Å²) in [5, 5.41) is 8.14. The zero-order valence-electron chi connectivity index (χ0n) is 21.4. The van der Waals surface area contributed by atoms with Crippen LogP contribution in [-0.2, 0) is 33.9 Å². The Kier molecular flexibility index (Phi) is 31.0. The number of rotatable bonds is 23. The molecule has 0 aromatic heterocycles. The normalized spacial score (nSPS) is 11.8. The van der Waals surface area contributed by atoms with E-state index in [1.807, 2.05) is 0 Å². The van der Waals surface area contributed by atoms with Crippen LogP contribution in [0, 0.1) is 0 Å². The van der Waals surface area contributed by atoms with Gasteiger partial charge in [-0.15, -0.1) is 0 Å². The first kappa shape index (κ1) is 39.3. The van der Waals surface area contributed by atoms with E-state index in [0.717, 1.165) is 12.8 Å². The van der Waals surface area contributed by atoms with Crippen molar-refractivity contribution in [3.8, 4) is 0 Å². The van der Waals surface area contributed by atoms with Crippen LogP contribution in [0.5, 0.6) is 0 Å². The van der Waals surface area contributed by atoms with Gasteiger partial charge in [-0.1, -0.05) is 77.6 Å². The van der Waals surface area contributed by atoms with Crippen molar-refractivity contribution in [1.82, 2.24) is 0 Å². The van der Waals surface area contributed by atoms with Gasteiger partial charge in [0.2, 0.25) is 0 Å². The van der Waals surface area contributed by atoms with E-state index < -0.39 is 33.7 Å². The van der Waals surface area contributed by atoms with Crippen LogP contribution in [-0.4, -0.2) is 63.2 Å². The van der Waals surface area contributed by atoms with Crippen molar-refractivity contribution in [2.24, 2.45) is 0 Å². The van der Waals surface area contributed by atoms with Gasteiger partial charge in [-0.25, -0.2) is 8.42 Å². The molecule has 0 aliphatic carbocycles. The molecule has 0 saturated heterocycles. The molecule has 0 saturated carbocycles. The molecule has 0 fully saturated rings. The summed E-state index contributed by atoms with van der Waals surface area (Å²) in [5.74, 6) is -3.25. The fraction of sp³-hybridized carbons (Fsp3) is 0.909. The van der Waals surface area contributed by atoms with Crippen LogP contribution < -0.4 is 64.2 Å². The topological polar surface area (TPSA) is 142 Å². The van der Waals surface area contributed by atoms with E-state index in [4.69, 9.17) is 9.47 Å². The van der Waals surface area contributed by atoms with Gasteiger partial charge in [-0.05, 0) is 6.42 Å². The van der Waals surface area contributed by atoms with Gasteiger partial charge in [0.1, 0.15) is 16.7 Å². The largest absolute Gasteiger partial charge is 1.00 e. The molecule has 0 bridgehead atoms. The van der Waals surface area contributed by atoms with Gasteiger partial charge in [0, 0.05) is 6.61 Å². The summed E-state index contributed by atoms with van der Waals surface area (Å²) in [7, 11) is -5.18. The number of unbranched alkanes of at least 4 members (excludes halogenated alkanes) is 11. The summed E-state index contributed by atoms with van der Waals surface area (Å²) in [4.78, 5) is 22.0. The first-order chi connectivity index (χ1) is 15.3. The van der Waals surface area contributed by atoms with Crippen molar-refractivity contribution >= 4 is 22.1 Å². The second-order valence-electron chi connectivity index (χ2n) is 7.84. The third kappa shape index (κ3) is 25.9. The smallest absolute Gasteiger partial charge is 0.747 e. The van der Waals surface area contributed by atoms with Crippen molar-refractivity contribution in [3.05, 3.63) is 0 Å². The number of carboxylic acid groups (broad SMARTS) is 1. The summed E-state index contributed by atoms with van der Waals surface area (Å²) in [5.41, 5.74) is 0. The van der Waals surface area contributed by atoms with Crippen molar-refractivity contribution in [1.29, 1.82) is 0 Å². The molecule has 1 atom stereocenters. The first-order valence-electron chi connectivity index (χ1n) is 11.8. The SMILES string of the molecule is CCCCCCCCCCCCCCOCCOCCOC(=O)CC(C(=O)[O-])S(=O)(=O)[O-].[Na+].[Na+]. The van der Waals surface area contributed by atoms with Crippen LogP contribution in [0.25, 0.3) is 0 Å². The minimum absolute atomic E-state index is 0. The zero-order valence-corrected chi connectivity index (χ0v) is 26.2. The van der Waals surface area contributed by atoms with Crippen LogP contribution in [0.4, 0.5) is 0 Å². The Balaban J connectivity index is -0.00000480. The van der Waals surface area contributed by atoms with Gasteiger partial charge in [0.05, 0.1) is 37.5 Å². The summed E-state index contributed by atoms with van der Waals surface area (Å²) < 4.78 is 47.5. The standard InChI is InChI=1S/C22H42O9S.2Na/c1-2-3-4-5-6-7-8-9-10-11-12-13-14-29-15-16-30-17-18-31-21(23)19-20(22(24)25)32(26,27)28;;/h20H,2-19H2,1H3,(H,24,25)(H,26,27,28);;/q;2*+1/p-2. The second kappa shape index (κ2) is 26.8. The van der Waals surface area contributed by atoms with E-state index in [1.165, 1.54) is 64.2 Å². The van der Waals surface area contributed by atoms with Gasteiger partial charge in [-0.2, -0.15) is 0 Å². The van der Waals surface area contributed by atoms with E-state index in [0.29, 0.717) is 19.8 Å². The van der Waals surface area contributed by atoms with Crippen molar-refractivity contribution < 1.29 is 101 Å². The van der Waals surface area contributed by atoms with E-state index in [1.54, 1.807) is 0 Å². The molecule has 9 nitrogen and oxygen atoms in total. The van der Waals surface area contributed by atoms with Gasteiger partial charge >= 0.3 is 65.1 Å². The Morgan fingerprint density at radius 1 is 0.706 bits per heavy atom. The Hall–Kier alpha value is 0.770. The molecule has 0 aromatic carbocycles. The molecule has 34 heavy (non-hydrogen) atoms. The number of ether oxygens (including phenoxy) is 3. The summed E-state index contributed by atoms with van der Waals surface area (Å²) in [6.45, 7) is 3.50. The molecule has 0 amide bonds. The van der Waals surface area contributed by atoms with Gasteiger partial charge in [0.25, 0.3) is 0 Å². The second-order valence-corrected chi connectivity index (χ2v) is 9.39. The molecular formula is C22H40Na2O9S. The van der Waals surface area contributed by atoms with Gasteiger partial charge in [-0.3, -0.25) is 4.79 Å². The van der Waals surface area contributed by atoms with E-state index in [-0.39, 0.29) is 72.3 Å². The summed E-state index contributed by atoms with van der Waals surface area (Å²) in [6, 6.07) is 0. The van der Waals surface area contributed by atoms with E-state index in [9.17, 15) is 27.7 Å². The number of aliphatic carboxylic acids is 1. The van der Waals surface area contributed by atoms with Crippen LogP contribution in [0.1, 0.15) is 90.4 Å². The average molecular weight is 527 g/mol. The number of carbonyl (C=O) groups excluding carboxylic acids is 2. The minimum atomic E-state index is -5.18. The van der Waals surface area contributed by atoms with E-state index >= 15 is 0 Å². The quantitative estimate of drug-likeness (QED) is 0.0570. The van der Waals surface area contributed by atoms with Crippen molar-refractivity contribution in [2.45, 2.75) is 95.6 Å². The molecule has 190 valence electrons. The molecular weight excluding hydrogens is 486 g/mol. The number of carboxylic acids is 1. The summed E-state index contributed by atoms with van der Waals surface area (Å²) >= 11 is 0. The first-order valence-corrected chi connectivity index (χ1v) is 13.2.